The Bertz CT molecular complexity index is 536. The van der Waals surface area contributed by atoms with Crippen molar-refractivity contribution in [1.29, 1.82) is 0 Å². The molecule has 1 fully saturated rings. The van der Waals surface area contributed by atoms with E-state index in [1.807, 2.05) is 30.3 Å². The molecule has 1 aromatic rings. The summed E-state index contributed by atoms with van der Waals surface area (Å²) in [5.74, 6) is 1.09. The molecule has 20 heavy (non-hydrogen) atoms. The van der Waals surface area contributed by atoms with Gasteiger partial charge in [0.05, 0.1) is 0 Å². The third-order valence-corrected chi connectivity index (χ3v) is 5.68. The molecule has 1 aliphatic rings. The molecule has 0 heterocycles. The molecule has 0 radical (unpaired) electrons. The number of carbonyl (C=O) groups excluding carboxylic acids is 1. The molecule has 0 aromatic heterocycles. The second-order valence-electron chi connectivity index (χ2n) is 6.21. The summed E-state index contributed by atoms with van der Waals surface area (Å²) in [7, 11) is 0. The van der Waals surface area contributed by atoms with Crippen molar-refractivity contribution in [2.45, 2.75) is 27.7 Å². The van der Waals surface area contributed by atoms with Crippen molar-refractivity contribution >= 4 is 24.1 Å². The van der Waals surface area contributed by atoms with Gasteiger partial charge in [-0.2, -0.15) is 0 Å². The van der Waals surface area contributed by atoms with Crippen LogP contribution in [0.5, 0.6) is 0 Å². The predicted molar refractivity (Wildman–Crippen MR) is 86.2 cm³/mol. The Kier molecular flexibility index (Phi) is 4.67. The summed E-state index contributed by atoms with van der Waals surface area (Å²) in [6.07, 6.45) is 6.26. The van der Waals surface area contributed by atoms with Crippen LogP contribution in [-0.4, -0.2) is 19.6 Å². The van der Waals surface area contributed by atoms with E-state index in [0.717, 1.165) is 4.46 Å². The van der Waals surface area contributed by atoms with Gasteiger partial charge < -0.3 is 0 Å². The second kappa shape index (κ2) is 6.11. The fourth-order valence-corrected chi connectivity index (χ4v) is 3.99. The predicted octanol–water partition coefficient (Wildman–Crippen LogP) is 3.34. The molecule has 0 bridgehead atoms. The average molecular weight is 333 g/mol. The van der Waals surface area contributed by atoms with Crippen molar-refractivity contribution < 1.29 is 4.79 Å². The fourth-order valence-electron chi connectivity index (χ4n) is 2.58. The molecule has 1 nitrogen and oxygen atoms in total. The maximum atomic E-state index is 12.0. The molecular weight excluding hydrogens is 311 g/mol. The van der Waals surface area contributed by atoms with Gasteiger partial charge in [0, 0.05) is 0 Å². The van der Waals surface area contributed by atoms with Crippen LogP contribution < -0.4 is 4.46 Å². The summed E-state index contributed by atoms with van der Waals surface area (Å²) >= 11 is -0.0944. The van der Waals surface area contributed by atoms with Crippen LogP contribution >= 0.6 is 0 Å². The van der Waals surface area contributed by atoms with E-state index in [9.17, 15) is 4.79 Å². The first-order valence-corrected chi connectivity index (χ1v) is 8.72. The Morgan fingerprint density at radius 3 is 2.40 bits per heavy atom. The topological polar surface area (TPSA) is 17.1 Å². The van der Waals surface area contributed by atoms with Gasteiger partial charge in [-0.1, -0.05) is 0 Å². The van der Waals surface area contributed by atoms with E-state index in [1.165, 1.54) is 5.57 Å². The summed E-state index contributed by atoms with van der Waals surface area (Å²) in [5, 5.41) is 0. The Morgan fingerprint density at radius 2 is 1.80 bits per heavy atom. The van der Waals surface area contributed by atoms with E-state index in [0.29, 0.717) is 17.3 Å². The monoisotopic (exact) mass is 334 g/mol. The van der Waals surface area contributed by atoms with Gasteiger partial charge in [-0.25, -0.2) is 0 Å². The molecule has 2 heteroatoms. The van der Waals surface area contributed by atoms with Crippen LogP contribution in [0.25, 0.3) is 0 Å². The minimum atomic E-state index is -0.0944. The van der Waals surface area contributed by atoms with E-state index >= 15 is 0 Å². The van der Waals surface area contributed by atoms with Crippen LogP contribution in [0.15, 0.2) is 54.1 Å². The first-order valence-electron chi connectivity index (χ1n) is 7.01. The quantitative estimate of drug-likeness (QED) is 0.459. The van der Waals surface area contributed by atoms with Crippen LogP contribution in [0.1, 0.15) is 27.7 Å². The minimum absolute atomic E-state index is 0.0944. The zero-order valence-corrected chi connectivity index (χ0v) is 14.3. The number of rotatable bonds is 5. The van der Waals surface area contributed by atoms with Crippen LogP contribution in [0.3, 0.4) is 0 Å². The molecule has 0 amide bonds. The fraction of sp³-hybridized carbons (Fsp3) is 0.389. The molecule has 0 spiro atoms. The van der Waals surface area contributed by atoms with Gasteiger partial charge in [-0.05, 0) is 0 Å². The Hall–Kier alpha value is -1.11. The van der Waals surface area contributed by atoms with Crippen molar-refractivity contribution in [3.63, 3.8) is 0 Å². The second-order valence-corrected chi connectivity index (χ2v) is 8.47. The summed E-state index contributed by atoms with van der Waals surface area (Å²) in [5.41, 5.74) is 1.66. The molecule has 0 N–H and O–H groups in total. The molecule has 1 saturated carbocycles. The molecule has 106 valence electrons. The summed E-state index contributed by atoms with van der Waals surface area (Å²) in [6, 6.07) is 10.0. The molecule has 2 rings (SSSR count). The molecular formula is C18H22OSe. The van der Waals surface area contributed by atoms with Gasteiger partial charge in [0.25, 0.3) is 0 Å². The van der Waals surface area contributed by atoms with Gasteiger partial charge >= 0.3 is 128 Å². The molecule has 2 atom stereocenters. The van der Waals surface area contributed by atoms with E-state index in [2.05, 4.69) is 39.8 Å². The molecule has 0 saturated heterocycles. The van der Waals surface area contributed by atoms with Crippen molar-refractivity contribution in [3.05, 3.63) is 54.1 Å². The van der Waals surface area contributed by atoms with Gasteiger partial charge in [0.1, 0.15) is 0 Å². The van der Waals surface area contributed by atoms with Crippen LogP contribution in [-0.2, 0) is 4.79 Å². The number of benzene rings is 1. The number of allylic oxidation sites excluding steroid dienone is 4. The van der Waals surface area contributed by atoms with Crippen molar-refractivity contribution in [1.82, 2.24) is 0 Å². The van der Waals surface area contributed by atoms with Crippen molar-refractivity contribution in [2.75, 3.05) is 0 Å². The Balaban J connectivity index is 1.94. The van der Waals surface area contributed by atoms with Crippen molar-refractivity contribution in [2.24, 2.45) is 17.3 Å². The molecule has 1 aliphatic carbocycles. The molecule has 1 aromatic carbocycles. The molecule has 0 unspecified atom stereocenters. The van der Waals surface area contributed by atoms with E-state index in [4.69, 9.17) is 0 Å². The van der Waals surface area contributed by atoms with E-state index in [1.54, 1.807) is 6.08 Å². The SMILES string of the molecule is CC(C)=C[C@@H]1[C@@H](/C=C/C(=O)[Se]c2ccccc2)C1(C)C. The van der Waals surface area contributed by atoms with E-state index < -0.39 is 0 Å². The van der Waals surface area contributed by atoms with Crippen LogP contribution in [0, 0.1) is 17.3 Å². The first kappa shape index (κ1) is 15.3. The van der Waals surface area contributed by atoms with Gasteiger partial charge in [0.15, 0.2) is 0 Å². The normalized spacial score (nSPS) is 23.6. The molecule has 0 aliphatic heterocycles. The first-order chi connectivity index (χ1) is 9.41. The van der Waals surface area contributed by atoms with Crippen LogP contribution in [0.2, 0.25) is 0 Å². The van der Waals surface area contributed by atoms with Crippen LogP contribution in [0.4, 0.5) is 0 Å². The Morgan fingerprint density at radius 1 is 1.15 bits per heavy atom. The summed E-state index contributed by atoms with van der Waals surface area (Å²) in [6.45, 7) is 8.83. The van der Waals surface area contributed by atoms with Gasteiger partial charge in [-0.3, -0.25) is 0 Å². The van der Waals surface area contributed by atoms with Crippen molar-refractivity contribution in [3.8, 4) is 0 Å². The maximum absolute atomic E-state index is 12.0. The zero-order chi connectivity index (χ0) is 14.8. The number of hydrogen-bond acceptors (Lipinski definition) is 1. The zero-order valence-electron chi connectivity index (χ0n) is 12.6. The third kappa shape index (κ3) is 3.71. The standard InChI is InChI=1S/C18H22OSe/c1-13(2)12-16-15(18(16,3)4)10-11-17(19)20-14-8-6-5-7-9-14/h5-12,15-16H,1-4H3/b11-10+/t15-,16-/m1/s1. The Labute approximate surface area is 128 Å². The number of hydrogen-bond donors (Lipinski definition) is 0. The third-order valence-electron chi connectivity index (χ3n) is 3.91. The van der Waals surface area contributed by atoms with E-state index in [-0.39, 0.29) is 19.6 Å². The number of carbonyl (C=O) groups is 1. The van der Waals surface area contributed by atoms with Gasteiger partial charge in [-0.15, -0.1) is 0 Å². The average Bonchev–Trinajstić information content (AvgIpc) is 2.88. The summed E-state index contributed by atoms with van der Waals surface area (Å²) < 4.78 is 1.40. The van der Waals surface area contributed by atoms with Gasteiger partial charge in [0.2, 0.25) is 0 Å². The summed E-state index contributed by atoms with van der Waals surface area (Å²) in [4.78, 5) is 12.0.